The molecular weight excluding hydrogens is 463 g/mol. The van der Waals surface area contributed by atoms with E-state index in [4.69, 9.17) is 0 Å². The number of para-hydroxylation sites is 2. The fourth-order valence-electron chi connectivity index (χ4n) is 3.33. The van der Waals surface area contributed by atoms with Crippen molar-refractivity contribution in [2.24, 2.45) is 0 Å². The summed E-state index contributed by atoms with van der Waals surface area (Å²) in [6.07, 6.45) is 0. The van der Waals surface area contributed by atoms with Crippen LogP contribution >= 0.6 is 11.3 Å². The van der Waals surface area contributed by atoms with E-state index in [2.05, 4.69) is 31.1 Å². The Morgan fingerprint density at radius 1 is 0.714 bits per heavy atom. The quantitative estimate of drug-likeness (QED) is 0.248. The van der Waals surface area contributed by atoms with Crippen molar-refractivity contribution in [3.8, 4) is 22.5 Å². The van der Waals surface area contributed by atoms with Crippen molar-refractivity contribution in [3.63, 3.8) is 0 Å². The van der Waals surface area contributed by atoms with Gasteiger partial charge in [-0.1, -0.05) is 42.5 Å². The Kier molecular flexibility index (Phi) is 6.40. The van der Waals surface area contributed by atoms with Crippen molar-refractivity contribution >= 4 is 39.7 Å². The van der Waals surface area contributed by atoms with Gasteiger partial charge in [-0.05, 0) is 48.5 Å². The van der Waals surface area contributed by atoms with Crippen LogP contribution in [0.15, 0.2) is 96.4 Å². The fourth-order valence-corrected chi connectivity index (χ4v) is 4.06. The number of urea groups is 1. The summed E-state index contributed by atoms with van der Waals surface area (Å²) in [6, 6.07) is 26.2. The Bertz CT molecular complexity index is 1440. The number of rotatable bonds is 6. The van der Waals surface area contributed by atoms with Crippen LogP contribution in [0.25, 0.3) is 22.5 Å². The Balaban J connectivity index is 1.25. The third-order valence-electron chi connectivity index (χ3n) is 5.04. The first-order valence-electron chi connectivity index (χ1n) is 10.7. The molecule has 0 saturated heterocycles. The van der Waals surface area contributed by atoms with Crippen LogP contribution in [-0.4, -0.2) is 21.2 Å². The maximum atomic E-state index is 13.2. The second kappa shape index (κ2) is 10.1. The highest BCUT2D eigenvalue weighted by Gasteiger charge is 2.11. The van der Waals surface area contributed by atoms with Crippen molar-refractivity contribution in [1.82, 2.24) is 15.2 Å². The van der Waals surface area contributed by atoms with Crippen molar-refractivity contribution in [3.05, 3.63) is 102 Å². The first kappa shape index (κ1) is 22.2. The smallest absolute Gasteiger partial charge is 0.324 e. The number of hydrogen-bond acceptors (Lipinski definition) is 6. The van der Waals surface area contributed by atoms with Gasteiger partial charge in [0.2, 0.25) is 0 Å². The third-order valence-corrected chi connectivity index (χ3v) is 5.79. The van der Waals surface area contributed by atoms with E-state index in [9.17, 15) is 9.18 Å². The lowest BCUT2D eigenvalue weighted by Crippen LogP contribution is -2.20. The zero-order chi connectivity index (χ0) is 24.0. The van der Waals surface area contributed by atoms with Crippen molar-refractivity contribution in [2.75, 3.05) is 16.0 Å². The van der Waals surface area contributed by atoms with Gasteiger partial charge < -0.3 is 10.6 Å². The molecule has 0 aliphatic rings. The minimum atomic E-state index is -0.452. The average Bonchev–Trinajstić information content (AvgIpc) is 3.35. The van der Waals surface area contributed by atoms with Crippen LogP contribution in [-0.2, 0) is 0 Å². The van der Waals surface area contributed by atoms with E-state index in [0.717, 1.165) is 22.5 Å². The molecule has 3 N–H and O–H groups in total. The SMILES string of the molecule is O=C(Nc1ccc(-c2ccccc2)nn1)Nc1ccccc1Nc1nc(-c2ccc(F)cc2)cs1. The molecule has 5 aromatic rings. The summed E-state index contributed by atoms with van der Waals surface area (Å²) in [5.74, 6) is 0.0372. The first-order valence-corrected chi connectivity index (χ1v) is 11.6. The molecule has 0 unspecified atom stereocenters. The average molecular weight is 483 g/mol. The Labute approximate surface area is 204 Å². The summed E-state index contributed by atoms with van der Waals surface area (Å²) in [5, 5.41) is 19.6. The number of carbonyl (C=O) groups excluding carboxylic acids is 1. The predicted octanol–water partition coefficient (Wildman–Crippen LogP) is 6.79. The number of thiazole rings is 1. The Morgan fingerprint density at radius 3 is 2.17 bits per heavy atom. The van der Waals surface area contributed by atoms with Gasteiger partial charge in [0.1, 0.15) is 5.82 Å². The predicted molar refractivity (Wildman–Crippen MR) is 137 cm³/mol. The number of nitrogens with one attached hydrogen (secondary N) is 3. The van der Waals surface area contributed by atoms with Crippen molar-refractivity contribution < 1.29 is 9.18 Å². The van der Waals surface area contributed by atoms with Crippen LogP contribution < -0.4 is 16.0 Å². The molecule has 2 heterocycles. The van der Waals surface area contributed by atoms with Crippen LogP contribution in [0.1, 0.15) is 0 Å². The lowest BCUT2D eigenvalue weighted by molar-refractivity contribution is 0.262. The van der Waals surface area contributed by atoms with Gasteiger partial charge >= 0.3 is 6.03 Å². The number of carbonyl (C=O) groups is 1. The Hall–Kier alpha value is -4.63. The molecule has 0 aliphatic carbocycles. The number of halogens is 1. The number of nitrogens with zero attached hydrogens (tertiary/aromatic N) is 3. The number of aromatic nitrogens is 3. The first-order chi connectivity index (χ1) is 17.1. The van der Waals surface area contributed by atoms with Crippen LogP contribution in [0.2, 0.25) is 0 Å². The number of anilines is 4. The van der Waals surface area contributed by atoms with E-state index in [0.29, 0.717) is 22.3 Å². The number of hydrogen-bond donors (Lipinski definition) is 3. The molecule has 0 saturated carbocycles. The largest absolute Gasteiger partial charge is 0.330 e. The molecule has 0 bridgehead atoms. The van der Waals surface area contributed by atoms with E-state index in [1.165, 1.54) is 23.5 Å². The fraction of sp³-hybridized carbons (Fsp3) is 0. The lowest BCUT2D eigenvalue weighted by atomic mass is 10.1. The van der Waals surface area contributed by atoms with Gasteiger partial charge in [-0.3, -0.25) is 5.32 Å². The lowest BCUT2D eigenvalue weighted by Gasteiger charge is -2.12. The molecule has 0 spiro atoms. The minimum absolute atomic E-state index is 0.293. The highest BCUT2D eigenvalue weighted by atomic mass is 32.1. The van der Waals surface area contributed by atoms with E-state index >= 15 is 0 Å². The van der Waals surface area contributed by atoms with Gasteiger partial charge in [0.25, 0.3) is 0 Å². The zero-order valence-electron chi connectivity index (χ0n) is 18.3. The summed E-state index contributed by atoms with van der Waals surface area (Å²) < 4.78 is 13.2. The molecule has 2 amide bonds. The molecule has 0 aliphatic heterocycles. The van der Waals surface area contributed by atoms with Gasteiger partial charge in [-0.25, -0.2) is 14.2 Å². The molecule has 5 rings (SSSR count). The highest BCUT2D eigenvalue weighted by molar-refractivity contribution is 7.14. The molecule has 3 aromatic carbocycles. The van der Waals surface area contributed by atoms with Gasteiger partial charge in [0.05, 0.1) is 22.8 Å². The third kappa shape index (κ3) is 5.48. The molecule has 35 heavy (non-hydrogen) atoms. The van der Waals surface area contributed by atoms with Crippen molar-refractivity contribution in [1.29, 1.82) is 0 Å². The maximum absolute atomic E-state index is 13.2. The molecule has 7 nitrogen and oxygen atoms in total. The molecule has 0 atom stereocenters. The van der Waals surface area contributed by atoms with Gasteiger partial charge in [-0.2, -0.15) is 0 Å². The van der Waals surface area contributed by atoms with Crippen LogP contribution in [0.3, 0.4) is 0 Å². The summed E-state index contributed by atoms with van der Waals surface area (Å²) in [7, 11) is 0. The monoisotopic (exact) mass is 482 g/mol. The summed E-state index contributed by atoms with van der Waals surface area (Å²) in [4.78, 5) is 17.2. The normalized spacial score (nSPS) is 10.5. The second-order valence-corrected chi connectivity index (χ2v) is 8.32. The summed E-state index contributed by atoms with van der Waals surface area (Å²) in [5.41, 5.74) is 4.46. The second-order valence-electron chi connectivity index (χ2n) is 7.46. The summed E-state index contributed by atoms with van der Waals surface area (Å²) >= 11 is 1.41. The molecule has 9 heteroatoms. The summed E-state index contributed by atoms with van der Waals surface area (Å²) in [6.45, 7) is 0. The van der Waals surface area contributed by atoms with E-state index in [-0.39, 0.29) is 5.82 Å². The van der Waals surface area contributed by atoms with E-state index in [1.54, 1.807) is 30.3 Å². The Morgan fingerprint density at radius 2 is 1.43 bits per heavy atom. The van der Waals surface area contributed by atoms with Gasteiger partial charge in [0.15, 0.2) is 10.9 Å². The van der Waals surface area contributed by atoms with Crippen molar-refractivity contribution in [2.45, 2.75) is 0 Å². The van der Waals surface area contributed by atoms with Crippen LogP contribution in [0, 0.1) is 5.82 Å². The van der Waals surface area contributed by atoms with E-state index < -0.39 is 6.03 Å². The molecular formula is C26H19FN6OS. The minimum Gasteiger partial charge on any atom is -0.330 e. The van der Waals surface area contributed by atoms with Crippen LogP contribution in [0.5, 0.6) is 0 Å². The number of amides is 2. The molecule has 0 fully saturated rings. The maximum Gasteiger partial charge on any atom is 0.324 e. The topological polar surface area (TPSA) is 91.8 Å². The molecule has 2 aromatic heterocycles. The molecule has 172 valence electrons. The van der Waals surface area contributed by atoms with E-state index in [1.807, 2.05) is 53.9 Å². The van der Waals surface area contributed by atoms with Gasteiger partial charge in [0, 0.05) is 16.5 Å². The number of benzene rings is 3. The standard InChI is InChI=1S/C26H19FN6OS/c27-19-12-10-18(11-13-19)23-16-35-26(30-23)29-22-9-5-4-8-21(22)28-25(34)31-24-15-14-20(32-33-24)17-6-2-1-3-7-17/h1-16H,(H,29,30)(H2,28,31,33,34). The van der Waals surface area contributed by atoms with Gasteiger partial charge in [-0.15, -0.1) is 21.5 Å². The van der Waals surface area contributed by atoms with Crippen LogP contribution in [0.4, 0.5) is 31.5 Å². The zero-order valence-corrected chi connectivity index (χ0v) is 19.1. The molecule has 0 radical (unpaired) electrons. The highest BCUT2D eigenvalue weighted by Crippen LogP contribution is 2.30.